The van der Waals surface area contributed by atoms with Crippen LogP contribution in [0.25, 0.3) is 22.2 Å². The first-order valence-corrected chi connectivity index (χ1v) is 9.52. The number of para-hydroxylation sites is 1. The van der Waals surface area contributed by atoms with Gasteiger partial charge in [-0.1, -0.05) is 48.5 Å². The van der Waals surface area contributed by atoms with E-state index in [1.54, 1.807) is 0 Å². The Bertz CT molecular complexity index is 995. The number of hydrogen-bond donors (Lipinski definition) is 2. The van der Waals surface area contributed by atoms with Crippen LogP contribution in [0.3, 0.4) is 0 Å². The van der Waals surface area contributed by atoms with Gasteiger partial charge in [0.2, 0.25) is 10.0 Å². The number of amides is 1. The number of carbonyl (C=O) groups is 1. The number of benzene rings is 2. The Morgan fingerprint density at radius 2 is 1.72 bits per heavy atom. The summed E-state index contributed by atoms with van der Waals surface area (Å²) in [5.41, 5.74) is 7.94. The van der Waals surface area contributed by atoms with E-state index in [0.717, 1.165) is 22.2 Å². The van der Waals surface area contributed by atoms with Crippen molar-refractivity contribution in [3.63, 3.8) is 0 Å². The van der Waals surface area contributed by atoms with Gasteiger partial charge in [-0.2, -0.15) is 0 Å². The summed E-state index contributed by atoms with van der Waals surface area (Å²) in [5, 5.41) is 0.985. The van der Waals surface area contributed by atoms with E-state index in [-0.39, 0.29) is 18.8 Å². The molecule has 25 heavy (non-hydrogen) atoms. The molecule has 0 spiro atoms. The maximum Gasteiger partial charge on any atom is 0.253 e. The number of aromatic nitrogens is 1. The molecule has 0 radical (unpaired) electrons. The van der Waals surface area contributed by atoms with Crippen LogP contribution in [-0.2, 0) is 21.4 Å². The van der Waals surface area contributed by atoms with E-state index in [1.807, 2.05) is 65.2 Å². The number of fused-ring (bicyclic) bond motifs is 1. The van der Waals surface area contributed by atoms with Crippen LogP contribution >= 0.6 is 0 Å². The summed E-state index contributed by atoms with van der Waals surface area (Å²) in [5.74, 6) is -0.872. The van der Waals surface area contributed by atoms with Crippen molar-refractivity contribution in [3.8, 4) is 11.3 Å². The fourth-order valence-electron chi connectivity index (χ4n) is 2.78. The highest BCUT2D eigenvalue weighted by Gasteiger charge is 2.17. The molecular weight excluding hydrogens is 338 g/mol. The number of carbonyl (C=O) groups excluding carboxylic acids is 1. The van der Waals surface area contributed by atoms with Crippen molar-refractivity contribution in [2.75, 3.05) is 12.3 Å². The number of nitrogens with two attached hydrogens (primary N) is 1. The van der Waals surface area contributed by atoms with E-state index in [1.165, 1.54) is 0 Å². The standard InChI is InChI=1S/C18H19N3O3S/c19-10-11-25(23,24)20-18(22)13-21-16-9-5-4-8-15(16)12-17(21)14-6-2-1-3-7-14/h1-9,12H,10-11,13,19H2,(H,20,22). The molecule has 7 heteroatoms. The van der Waals surface area contributed by atoms with Gasteiger partial charge < -0.3 is 10.3 Å². The molecule has 0 fully saturated rings. The monoisotopic (exact) mass is 357 g/mol. The smallest absolute Gasteiger partial charge is 0.253 e. The Kier molecular flexibility index (Phi) is 4.87. The predicted octanol–water partition coefficient (Wildman–Crippen LogP) is 1.71. The van der Waals surface area contributed by atoms with E-state index in [4.69, 9.17) is 5.73 Å². The molecule has 3 aromatic rings. The topological polar surface area (TPSA) is 94.2 Å². The summed E-state index contributed by atoms with van der Waals surface area (Å²) in [6.45, 7) is -0.133. The zero-order valence-electron chi connectivity index (χ0n) is 13.6. The Hall–Kier alpha value is -2.64. The molecule has 0 atom stereocenters. The molecule has 0 unspecified atom stereocenters. The van der Waals surface area contributed by atoms with Crippen LogP contribution in [0.1, 0.15) is 0 Å². The zero-order chi connectivity index (χ0) is 17.9. The Morgan fingerprint density at radius 3 is 2.44 bits per heavy atom. The van der Waals surface area contributed by atoms with Crippen LogP contribution in [0.5, 0.6) is 0 Å². The summed E-state index contributed by atoms with van der Waals surface area (Å²) in [7, 11) is -3.70. The molecule has 0 saturated heterocycles. The highest BCUT2D eigenvalue weighted by atomic mass is 32.2. The van der Waals surface area contributed by atoms with Gasteiger partial charge in [0.15, 0.2) is 0 Å². The van der Waals surface area contributed by atoms with Crippen LogP contribution in [0.2, 0.25) is 0 Å². The molecule has 1 heterocycles. The average Bonchev–Trinajstić information content (AvgIpc) is 2.94. The number of nitrogens with one attached hydrogen (secondary N) is 1. The third kappa shape index (κ3) is 3.89. The van der Waals surface area contributed by atoms with Crippen molar-refractivity contribution in [2.45, 2.75) is 6.54 Å². The minimum atomic E-state index is -3.70. The van der Waals surface area contributed by atoms with Gasteiger partial charge in [0.25, 0.3) is 5.91 Å². The minimum Gasteiger partial charge on any atom is -0.331 e. The van der Waals surface area contributed by atoms with Crippen LogP contribution in [0.4, 0.5) is 0 Å². The lowest BCUT2D eigenvalue weighted by molar-refractivity contribution is -0.119. The van der Waals surface area contributed by atoms with Crippen LogP contribution in [0.15, 0.2) is 60.7 Å². The number of rotatable bonds is 6. The third-order valence-electron chi connectivity index (χ3n) is 3.84. The second-order valence-electron chi connectivity index (χ2n) is 5.67. The summed E-state index contributed by atoms with van der Waals surface area (Å²) < 4.78 is 27.4. The van der Waals surface area contributed by atoms with E-state index < -0.39 is 15.9 Å². The van der Waals surface area contributed by atoms with Crippen LogP contribution in [-0.4, -0.2) is 31.2 Å². The first kappa shape index (κ1) is 17.2. The summed E-state index contributed by atoms with van der Waals surface area (Å²) >= 11 is 0. The van der Waals surface area contributed by atoms with Crippen molar-refractivity contribution in [1.29, 1.82) is 0 Å². The van der Waals surface area contributed by atoms with E-state index in [0.29, 0.717) is 0 Å². The number of sulfonamides is 1. The first-order valence-electron chi connectivity index (χ1n) is 7.87. The van der Waals surface area contributed by atoms with Crippen LogP contribution < -0.4 is 10.5 Å². The van der Waals surface area contributed by atoms with E-state index in [9.17, 15) is 13.2 Å². The molecule has 0 aliphatic rings. The Morgan fingerprint density at radius 1 is 1.04 bits per heavy atom. The number of hydrogen-bond acceptors (Lipinski definition) is 4. The van der Waals surface area contributed by atoms with Gasteiger partial charge in [-0.05, 0) is 17.7 Å². The lowest BCUT2D eigenvalue weighted by atomic mass is 10.1. The van der Waals surface area contributed by atoms with Crippen molar-refractivity contribution >= 4 is 26.8 Å². The SMILES string of the molecule is NCCS(=O)(=O)NC(=O)Cn1c(-c2ccccc2)cc2ccccc21. The third-order valence-corrected chi connectivity index (χ3v) is 5.15. The van der Waals surface area contributed by atoms with Gasteiger partial charge >= 0.3 is 0 Å². The van der Waals surface area contributed by atoms with Crippen LogP contribution in [0, 0.1) is 0 Å². The molecule has 0 bridgehead atoms. The van der Waals surface area contributed by atoms with Crippen molar-refractivity contribution in [1.82, 2.24) is 9.29 Å². The average molecular weight is 357 g/mol. The highest BCUT2D eigenvalue weighted by molar-refractivity contribution is 7.90. The summed E-state index contributed by atoms with van der Waals surface area (Å²) in [4.78, 5) is 12.3. The van der Waals surface area contributed by atoms with Gasteiger partial charge in [0.1, 0.15) is 6.54 Å². The fourth-order valence-corrected chi connectivity index (χ4v) is 3.61. The first-order chi connectivity index (χ1) is 12.0. The van der Waals surface area contributed by atoms with Gasteiger partial charge in [-0.3, -0.25) is 9.52 Å². The Labute approximate surface area is 146 Å². The molecule has 1 amide bonds. The largest absolute Gasteiger partial charge is 0.331 e. The fraction of sp³-hybridized carbons (Fsp3) is 0.167. The second kappa shape index (κ2) is 7.08. The van der Waals surface area contributed by atoms with E-state index >= 15 is 0 Å². The molecule has 2 aromatic carbocycles. The molecular formula is C18H19N3O3S. The second-order valence-corrected chi connectivity index (χ2v) is 7.52. The van der Waals surface area contributed by atoms with Gasteiger partial charge in [0.05, 0.1) is 5.75 Å². The molecule has 0 saturated carbocycles. The maximum absolute atomic E-state index is 12.3. The lowest BCUT2D eigenvalue weighted by Crippen LogP contribution is -2.36. The molecule has 130 valence electrons. The molecule has 0 aliphatic heterocycles. The molecule has 0 aliphatic carbocycles. The van der Waals surface area contributed by atoms with Crippen molar-refractivity contribution in [2.24, 2.45) is 5.73 Å². The van der Waals surface area contributed by atoms with Gasteiger partial charge in [-0.15, -0.1) is 0 Å². The minimum absolute atomic E-state index is 0.0374. The molecule has 6 nitrogen and oxygen atoms in total. The molecule has 3 N–H and O–H groups in total. The maximum atomic E-state index is 12.3. The summed E-state index contributed by atoms with van der Waals surface area (Å²) in [6.07, 6.45) is 0. The normalized spacial score (nSPS) is 11.6. The summed E-state index contributed by atoms with van der Waals surface area (Å²) in [6, 6.07) is 19.3. The highest BCUT2D eigenvalue weighted by Crippen LogP contribution is 2.28. The quantitative estimate of drug-likeness (QED) is 0.702. The number of nitrogens with zero attached hydrogens (tertiary/aromatic N) is 1. The molecule has 1 aromatic heterocycles. The zero-order valence-corrected chi connectivity index (χ0v) is 14.4. The lowest BCUT2D eigenvalue weighted by Gasteiger charge is -2.11. The van der Waals surface area contributed by atoms with Gasteiger partial charge in [-0.25, -0.2) is 8.42 Å². The van der Waals surface area contributed by atoms with E-state index in [2.05, 4.69) is 4.72 Å². The van der Waals surface area contributed by atoms with Crippen molar-refractivity contribution in [3.05, 3.63) is 60.7 Å². The predicted molar refractivity (Wildman–Crippen MR) is 98.4 cm³/mol. The molecule has 3 rings (SSSR count). The Balaban J connectivity index is 1.99. The van der Waals surface area contributed by atoms with Gasteiger partial charge in [0, 0.05) is 23.1 Å². The van der Waals surface area contributed by atoms with Crippen molar-refractivity contribution < 1.29 is 13.2 Å².